The summed E-state index contributed by atoms with van der Waals surface area (Å²) in [4.78, 5) is 2.48. The van der Waals surface area contributed by atoms with Crippen molar-refractivity contribution in [3.8, 4) is 0 Å². The standard InChI is InChI=1S/C13H19N/c1-13(2,3)14-9-8-11-6-4-5-7-12(11)10-14/h4-7H,8-10H2,1-3H3/i5T. The van der Waals surface area contributed by atoms with E-state index in [1.54, 1.807) is 0 Å². The fourth-order valence-electron chi connectivity index (χ4n) is 2.00. The summed E-state index contributed by atoms with van der Waals surface area (Å²) in [6.45, 7) is 8.88. The number of nitrogens with zero attached hydrogens (tertiary/aromatic N) is 1. The van der Waals surface area contributed by atoms with Crippen molar-refractivity contribution >= 4 is 0 Å². The van der Waals surface area contributed by atoms with Gasteiger partial charge in [-0.05, 0) is 38.3 Å². The molecule has 1 aromatic carbocycles. The molecule has 1 aromatic rings. The van der Waals surface area contributed by atoms with E-state index in [1.165, 1.54) is 11.1 Å². The highest BCUT2D eigenvalue weighted by Gasteiger charge is 2.24. The Bertz CT molecular complexity index is 365. The zero-order chi connectivity index (χ0) is 11.1. The van der Waals surface area contributed by atoms with Gasteiger partial charge in [0.15, 0.2) is 0 Å². The van der Waals surface area contributed by atoms with Crippen LogP contribution in [-0.4, -0.2) is 17.0 Å². The van der Waals surface area contributed by atoms with Crippen molar-refractivity contribution in [3.05, 3.63) is 35.4 Å². The monoisotopic (exact) mass is 191 g/mol. The minimum Gasteiger partial charge on any atom is -0.294 e. The Morgan fingerprint density at radius 3 is 2.79 bits per heavy atom. The molecule has 0 aromatic heterocycles. The van der Waals surface area contributed by atoms with Crippen LogP contribution in [0.15, 0.2) is 24.2 Å². The van der Waals surface area contributed by atoms with E-state index in [4.69, 9.17) is 1.37 Å². The average Bonchev–Trinajstić information content (AvgIpc) is 2.15. The topological polar surface area (TPSA) is 3.24 Å². The zero-order valence-corrected chi connectivity index (χ0v) is 9.30. The van der Waals surface area contributed by atoms with E-state index < -0.39 is 0 Å². The molecule has 1 heterocycles. The van der Waals surface area contributed by atoms with Gasteiger partial charge in [0.05, 0.1) is 1.37 Å². The van der Waals surface area contributed by atoms with Gasteiger partial charge in [-0.1, -0.05) is 24.2 Å². The molecule has 0 unspecified atom stereocenters. The maximum atomic E-state index is 7.64. The van der Waals surface area contributed by atoms with Crippen molar-refractivity contribution in [2.45, 2.75) is 39.3 Å². The van der Waals surface area contributed by atoms with Gasteiger partial charge in [-0.2, -0.15) is 0 Å². The minimum atomic E-state index is 0.232. The molecule has 1 aliphatic rings. The molecule has 0 spiro atoms. The Labute approximate surface area is 88.1 Å². The van der Waals surface area contributed by atoms with Crippen LogP contribution in [-0.2, 0) is 13.0 Å². The average molecular weight is 191 g/mol. The first-order chi connectivity index (χ1) is 6.97. The molecule has 0 fully saturated rings. The number of benzene rings is 1. The smallest absolute Gasteiger partial charge is 0.0623 e. The predicted molar refractivity (Wildman–Crippen MR) is 60.3 cm³/mol. The van der Waals surface area contributed by atoms with Crippen molar-refractivity contribution in [1.82, 2.24) is 4.90 Å². The third-order valence-corrected chi connectivity index (χ3v) is 3.01. The third-order valence-electron chi connectivity index (χ3n) is 3.01. The molecule has 0 radical (unpaired) electrons. The summed E-state index contributed by atoms with van der Waals surface area (Å²) in [7, 11) is 0. The van der Waals surface area contributed by atoms with Gasteiger partial charge in [0.2, 0.25) is 0 Å². The second kappa shape index (κ2) is 3.39. The molecule has 2 rings (SSSR count). The molecule has 76 valence electrons. The van der Waals surface area contributed by atoms with Crippen LogP contribution in [0.1, 0.15) is 33.3 Å². The van der Waals surface area contributed by atoms with E-state index in [0.717, 1.165) is 19.5 Å². The lowest BCUT2D eigenvalue weighted by molar-refractivity contribution is 0.121. The normalized spacial score (nSPS) is 18.9. The summed E-state index contributed by atoms with van der Waals surface area (Å²) in [6, 6.07) is 6.64. The van der Waals surface area contributed by atoms with Crippen LogP contribution < -0.4 is 0 Å². The second-order valence-electron chi connectivity index (χ2n) is 5.04. The summed E-state index contributed by atoms with van der Waals surface area (Å²) in [5.74, 6) is 0. The summed E-state index contributed by atoms with van der Waals surface area (Å²) < 4.78 is 7.64. The Balaban J connectivity index is 2.26. The molecule has 14 heavy (non-hydrogen) atoms. The van der Waals surface area contributed by atoms with Crippen LogP contribution >= 0.6 is 0 Å². The van der Waals surface area contributed by atoms with Crippen LogP contribution in [0.4, 0.5) is 0 Å². The quantitative estimate of drug-likeness (QED) is 0.609. The molecular weight excluding hydrogens is 170 g/mol. The van der Waals surface area contributed by atoms with E-state index in [0.29, 0.717) is 6.04 Å². The van der Waals surface area contributed by atoms with Gasteiger partial charge in [0.1, 0.15) is 0 Å². The number of rotatable bonds is 0. The van der Waals surface area contributed by atoms with Crippen molar-refractivity contribution in [1.29, 1.82) is 0 Å². The van der Waals surface area contributed by atoms with E-state index in [9.17, 15) is 0 Å². The highest BCUT2D eigenvalue weighted by Crippen LogP contribution is 2.24. The van der Waals surface area contributed by atoms with E-state index in [-0.39, 0.29) is 5.54 Å². The summed E-state index contributed by atoms with van der Waals surface area (Å²) >= 11 is 0. The van der Waals surface area contributed by atoms with E-state index in [2.05, 4.69) is 31.7 Å². The van der Waals surface area contributed by atoms with Gasteiger partial charge in [-0.25, -0.2) is 0 Å². The lowest BCUT2D eigenvalue weighted by Crippen LogP contribution is -2.44. The second-order valence-corrected chi connectivity index (χ2v) is 5.04. The Morgan fingerprint density at radius 1 is 1.29 bits per heavy atom. The maximum absolute atomic E-state index is 7.64. The van der Waals surface area contributed by atoms with Crippen molar-refractivity contribution in [2.24, 2.45) is 0 Å². The first-order valence-electron chi connectivity index (χ1n) is 5.80. The van der Waals surface area contributed by atoms with Crippen molar-refractivity contribution in [3.63, 3.8) is 0 Å². The minimum absolute atomic E-state index is 0.232. The number of hydrogen-bond acceptors (Lipinski definition) is 1. The molecule has 1 heteroatoms. The summed E-state index contributed by atoms with van der Waals surface area (Å²) in [5.41, 5.74) is 2.99. The van der Waals surface area contributed by atoms with Crippen LogP contribution in [0.2, 0.25) is 0 Å². The van der Waals surface area contributed by atoms with Crippen LogP contribution in [0.25, 0.3) is 0 Å². The largest absolute Gasteiger partial charge is 0.294 e. The highest BCUT2D eigenvalue weighted by atomic mass is 15.2. The number of hydrogen-bond donors (Lipinski definition) is 0. The van der Waals surface area contributed by atoms with Crippen LogP contribution in [0.3, 0.4) is 0 Å². The van der Waals surface area contributed by atoms with Gasteiger partial charge >= 0.3 is 0 Å². The molecule has 0 bridgehead atoms. The molecule has 0 saturated heterocycles. The molecule has 0 aliphatic carbocycles. The van der Waals surface area contributed by atoms with Gasteiger partial charge in [0.25, 0.3) is 0 Å². The lowest BCUT2D eigenvalue weighted by atomic mass is 9.95. The molecule has 0 saturated carbocycles. The molecule has 1 nitrogen and oxygen atoms in total. The fraction of sp³-hybridized carbons (Fsp3) is 0.538. The predicted octanol–water partition coefficient (Wildman–Crippen LogP) is 2.84. The van der Waals surface area contributed by atoms with Crippen LogP contribution in [0, 0.1) is 0 Å². The van der Waals surface area contributed by atoms with Crippen molar-refractivity contribution in [2.75, 3.05) is 6.54 Å². The summed E-state index contributed by atoms with van der Waals surface area (Å²) in [6.07, 6.45) is 1.12. The zero-order valence-electron chi connectivity index (χ0n) is 10.3. The first kappa shape index (κ1) is 8.49. The van der Waals surface area contributed by atoms with Crippen LogP contribution in [0.5, 0.6) is 0 Å². The van der Waals surface area contributed by atoms with E-state index in [1.807, 2.05) is 12.1 Å². The Kier molecular flexibility index (Phi) is 2.06. The van der Waals surface area contributed by atoms with Gasteiger partial charge < -0.3 is 0 Å². The summed E-state index contributed by atoms with van der Waals surface area (Å²) in [5, 5.41) is 0. The SMILES string of the molecule is [3H]c1ccc2c(c1)CN(C(C)(C)C)CC2. The molecule has 1 aliphatic heterocycles. The third kappa shape index (κ3) is 1.83. The molecule has 0 amide bonds. The lowest BCUT2D eigenvalue weighted by Gasteiger charge is -2.39. The van der Waals surface area contributed by atoms with Gasteiger partial charge in [-0.3, -0.25) is 4.90 Å². The first-order valence-corrected chi connectivity index (χ1v) is 5.30. The maximum Gasteiger partial charge on any atom is 0.0623 e. The van der Waals surface area contributed by atoms with Gasteiger partial charge in [-0.15, -0.1) is 0 Å². The molecule has 0 atom stereocenters. The van der Waals surface area contributed by atoms with Crippen molar-refractivity contribution < 1.29 is 1.37 Å². The highest BCUT2D eigenvalue weighted by molar-refractivity contribution is 5.29. The Hall–Kier alpha value is -0.820. The molecule has 0 N–H and O–H groups in total. The van der Waals surface area contributed by atoms with E-state index >= 15 is 0 Å². The molecular formula is C13H19N. The fourth-order valence-corrected chi connectivity index (χ4v) is 2.00. The Morgan fingerprint density at radius 2 is 2.07 bits per heavy atom. The number of fused-ring (bicyclic) bond motifs is 1. The van der Waals surface area contributed by atoms with Gasteiger partial charge in [0, 0.05) is 18.6 Å².